The first-order valence-corrected chi connectivity index (χ1v) is 22.3. The number of benzene rings is 3. The topological polar surface area (TPSA) is 173 Å². The molecule has 6 aromatic rings. The van der Waals surface area contributed by atoms with Crippen molar-refractivity contribution >= 4 is 45.6 Å². The summed E-state index contributed by atoms with van der Waals surface area (Å²) >= 11 is 0. The average Bonchev–Trinajstić information content (AvgIpc) is 3.87. The van der Waals surface area contributed by atoms with Crippen LogP contribution in [0, 0.1) is 22.9 Å². The van der Waals surface area contributed by atoms with E-state index in [1.807, 2.05) is 30.6 Å². The molecule has 5 aliphatic rings. The van der Waals surface area contributed by atoms with E-state index in [1.54, 1.807) is 11.6 Å². The highest BCUT2D eigenvalue weighted by molar-refractivity contribution is 6.00. The third-order valence-corrected chi connectivity index (χ3v) is 14.6. The van der Waals surface area contributed by atoms with Crippen molar-refractivity contribution in [3.63, 3.8) is 0 Å². The van der Waals surface area contributed by atoms with Gasteiger partial charge in [0, 0.05) is 75.7 Å². The maximum Gasteiger partial charge on any atom is 0.329 e. The molecule has 5 fully saturated rings. The van der Waals surface area contributed by atoms with Crippen molar-refractivity contribution < 1.29 is 32.7 Å². The number of rotatable bonds is 11. The zero-order valence-electron chi connectivity index (χ0n) is 36.0. The minimum atomic E-state index is -1.78. The van der Waals surface area contributed by atoms with Gasteiger partial charge in [-0.1, -0.05) is 18.2 Å². The number of aromatic nitrogens is 6. The standard InChI is InChI=1S/C47H49F3N10O5/c1-56-37-21-28(4-7-35(37)60(45(56)65)36-8-9-38(61)54-43(36)64)3-2-16-57-17-19-58(20-18-57)44-51-24-31(25-52-44)29-5-6-30-26-59(55-34(30)22-29)47-13-10-46(11-14-47,12-15-47)27-53-42(63)32-23-33(48)41(62)40(50)39(32)49/h4-7,21-26,36,62H,2-3,8-20,27H2,1H3,(H,53,63)(H,54,61,64)/t36-,46?,47?/m1/s1. The quantitative estimate of drug-likeness (QED) is 0.112. The smallest absolute Gasteiger partial charge is 0.329 e. The molecule has 3 N–H and O–H groups in total. The van der Waals surface area contributed by atoms with E-state index in [0.29, 0.717) is 24.0 Å². The Morgan fingerprint density at radius 3 is 2.35 bits per heavy atom. The van der Waals surface area contributed by atoms with Crippen LogP contribution < -0.4 is 21.2 Å². The van der Waals surface area contributed by atoms with Crippen LogP contribution in [0.2, 0.25) is 0 Å². The van der Waals surface area contributed by atoms with Gasteiger partial charge in [0.15, 0.2) is 17.4 Å². The van der Waals surface area contributed by atoms with Crippen LogP contribution in [0.15, 0.2) is 65.8 Å². The van der Waals surface area contributed by atoms with Gasteiger partial charge in [0.25, 0.3) is 5.91 Å². The van der Waals surface area contributed by atoms with Crippen LogP contribution in [-0.2, 0) is 28.6 Å². The molecule has 1 atom stereocenters. The molecule has 3 aromatic carbocycles. The molecule has 18 heteroatoms. The summed E-state index contributed by atoms with van der Waals surface area (Å²) in [6, 6.07) is 12.0. The number of carbonyl (C=O) groups is 3. The Kier molecular flexibility index (Phi) is 10.7. The predicted octanol–water partition coefficient (Wildman–Crippen LogP) is 5.48. The number of piperidine rings is 1. The van der Waals surface area contributed by atoms with Crippen LogP contribution in [-0.4, -0.2) is 95.9 Å². The number of nitrogens with zero attached hydrogens (tertiary/aromatic N) is 8. The van der Waals surface area contributed by atoms with Crippen LogP contribution in [0.3, 0.4) is 0 Å². The fourth-order valence-electron chi connectivity index (χ4n) is 10.5. The molecule has 3 saturated carbocycles. The Bertz CT molecular complexity index is 2910. The van der Waals surface area contributed by atoms with Gasteiger partial charge in [-0.25, -0.2) is 23.5 Å². The summed E-state index contributed by atoms with van der Waals surface area (Å²) in [6.45, 7) is 4.59. The number of imide groups is 1. The van der Waals surface area contributed by atoms with E-state index >= 15 is 0 Å². The number of hydrogen-bond acceptors (Lipinski definition) is 10. The molecule has 0 spiro atoms. The summed E-state index contributed by atoms with van der Waals surface area (Å²) < 4.78 is 47.3. The number of piperazine rings is 1. The number of aryl methyl sites for hydroxylation is 2. The summed E-state index contributed by atoms with van der Waals surface area (Å²) in [7, 11) is 1.71. The highest BCUT2D eigenvalue weighted by Crippen LogP contribution is 2.55. The molecular formula is C47H49F3N10O5. The number of phenolic OH excluding ortho intramolecular Hbond substituents is 1. The van der Waals surface area contributed by atoms with Gasteiger partial charge in [0.1, 0.15) is 6.04 Å². The van der Waals surface area contributed by atoms with Crippen molar-refractivity contribution in [1.82, 2.24) is 44.4 Å². The lowest BCUT2D eigenvalue weighted by molar-refractivity contribution is -0.135. The molecule has 2 aliphatic heterocycles. The number of carbonyl (C=O) groups excluding carboxylic acids is 3. The SMILES string of the molecule is Cn1c(=O)n([C@@H]2CCC(=O)NC2=O)c2ccc(CCCN3CCN(c4ncc(-c5ccc6cn(C78CCC(CNC(=O)c9cc(F)c(O)c(F)c9F)(CC7)CC8)nc6c5)cn4)CC3)cc21. The predicted molar refractivity (Wildman–Crippen MR) is 235 cm³/mol. The number of aromatic hydroxyl groups is 1. The second-order valence-corrected chi connectivity index (χ2v) is 18.3. The first-order valence-electron chi connectivity index (χ1n) is 22.3. The Morgan fingerprint density at radius 1 is 0.892 bits per heavy atom. The van der Waals surface area contributed by atoms with Crippen molar-refractivity contribution in [3.8, 4) is 16.9 Å². The first-order chi connectivity index (χ1) is 31.3. The zero-order valence-corrected chi connectivity index (χ0v) is 36.0. The monoisotopic (exact) mass is 890 g/mol. The van der Waals surface area contributed by atoms with E-state index in [1.165, 1.54) is 4.57 Å². The Labute approximate surface area is 371 Å². The van der Waals surface area contributed by atoms with Gasteiger partial charge in [-0.15, -0.1) is 0 Å². The van der Waals surface area contributed by atoms with Gasteiger partial charge in [-0.3, -0.25) is 38.4 Å². The largest absolute Gasteiger partial charge is 0.503 e. The van der Waals surface area contributed by atoms with E-state index in [-0.39, 0.29) is 35.5 Å². The van der Waals surface area contributed by atoms with Gasteiger partial charge < -0.3 is 15.3 Å². The van der Waals surface area contributed by atoms with E-state index in [9.17, 15) is 37.5 Å². The maximum absolute atomic E-state index is 14.3. The molecule has 0 unspecified atom stereocenters. The molecule has 5 heterocycles. The Morgan fingerprint density at radius 2 is 1.63 bits per heavy atom. The summed E-state index contributed by atoms with van der Waals surface area (Å²) in [6.07, 6.45) is 13.1. The lowest BCUT2D eigenvalue weighted by Gasteiger charge is -2.53. The van der Waals surface area contributed by atoms with Crippen LogP contribution >= 0.6 is 0 Å². The lowest BCUT2D eigenvalue weighted by Crippen LogP contribution is -2.51. The van der Waals surface area contributed by atoms with Crippen LogP contribution in [0.5, 0.6) is 5.75 Å². The minimum absolute atomic E-state index is 0.164. The number of imidazole rings is 1. The van der Waals surface area contributed by atoms with Crippen LogP contribution in [0.4, 0.5) is 19.1 Å². The number of hydrogen-bond donors (Lipinski definition) is 3. The minimum Gasteiger partial charge on any atom is -0.503 e. The van der Waals surface area contributed by atoms with Gasteiger partial charge in [0.2, 0.25) is 23.6 Å². The third kappa shape index (κ3) is 7.70. The highest BCUT2D eigenvalue weighted by Gasteiger charge is 2.50. The normalized spacial score (nSPS) is 22.5. The van der Waals surface area contributed by atoms with E-state index < -0.39 is 46.6 Å². The van der Waals surface area contributed by atoms with Crippen LogP contribution in [0.1, 0.15) is 79.8 Å². The molecule has 65 heavy (non-hydrogen) atoms. The fraction of sp³-hybridized carbons (Fsp3) is 0.426. The molecule has 0 radical (unpaired) electrons. The number of fused-ring (bicyclic) bond motifs is 5. The van der Waals surface area contributed by atoms with Crippen molar-refractivity contribution in [2.45, 2.75) is 75.8 Å². The number of halogens is 3. The molecule has 3 amide bonds. The number of nitrogens with one attached hydrogen (secondary N) is 2. The van der Waals surface area contributed by atoms with Crippen molar-refractivity contribution in [2.24, 2.45) is 12.5 Å². The molecule has 3 aromatic heterocycles. The van der Waals surface area contributed by atoms with Gasteiger partial charge in [0.05, 0.1) is 27.7 Å². The Hall–Kier alpha value is -6.56. The molecule has 2 bridgehead atoms. The Balaban J connectivity index is 0.711. The van der Waals surface area contributed by atoms with Gasteiger partial charge >= 0.3 is 5.69 Å². The molecular weight excluding hydrogens is 842 g/mol. The molecule has 15 nitrogen and oxygen atoms in total. The summed E-state index contributed by atoms with van der Waals surface area (Å²) in [5.74, 6) is -7.16. The molecule has 11 rings (SSSR count). The van der Waals surface area contributed by atoms with E-state index in [0.717, 1.165) is 117 Å². The third-order valence-electron chi connectivity index (χ3n) is 14.6. The summed E-state index contributed by atoms with van der Waals surface area (Å²) in [5, 5.41) is 20.5. The maximum atomic E-state index is 14.3. The fourth-order valence-corrected chi connectivity index (χ4v) is 10.5. The van der Waals surface area contributed by atoms with Gasteiger partial charge in [-0.2, -0.15) is 9.49 Å². The summed E-state index contributed by atoms with van der Waals surface area (Å²) in [5.41, 5.74) is 3.91. The average molecular weight is 891 g/mol. The van der Waals surface area contributed by atoms with Crippen LogP contribution in [0.25, 0.3) is 33.1 Å². The van der Waals surface area contributed by atoms with E-state index in [2.05, 4.69) is 49.5 Å². The van der Waals surface area contributed by atoms with Crippen molar-refractivity contribution in [1.29, 1.82) is 0 Å². The molecule has 3 aliphatic carbocycles. The lowest BCUT2D eigenvalue weighted by atomic mass is 9.57. The zero-order chi connectivity index (χ0) is 45.2. The summed E-state index contributed by atoms with van der Waals surface area (Å²) in [4.78, 5) is 64.3. The second kappa shape index (κ2) is 16.5. The second-order valence-electron chi connectivity index (χ2n) is 18.3. The van der Waals surface area contributed by atoms with Gasteiger partial charge in [-0.05, 0) is 105 Å². The van der Waals surface area contributed by atoms with Crippen molar-refractivity contribution in [3.05, 3.63) is 100 Å². The number of phenols is 1. The number of anilines is 1. The number of amides is 3. The van der Waals surface area contributed by atoms with Crippen molar-refractivity contribution in [2.75, 3.05) is 44.2 Å². The molecule has 338 valence electrons. The molecule has 2 saturated heterocycles. The van der Waals surface area contributed by atoms with E-state index in [4.69, 9.17) is 15.1 Å². The highest BCUT2D eigenvalue weighted by atomic mass is 19.2. The first kappa shape index (κ1) is 42.4.